The van der Waals surface area contributed by atoms with Crippen molar-refractivity contribution in [1.82, 2.24) is 4.57 Å². The molecule has 0 aliphatic rings. The van der Waals surface area contributed by atoms with Crippen molar-refractivity contribution >= 4 is 17.3 Å². The number of aryl methyl sites for hydroxylation is 1. The number of nitriles is 1. The van der Waals surface area contributed by atoms with Gasteiger partial charge in [0, 0.05) is 24.8 Å². The van der Waals surface area contributed by atoms with Crippen molar-refractivity contribution in [3.8, 4) is 6.07 Å². The van der Waals surface area contributed by atoms with Gasteiger partial charge in [-0.05, 0) is 36.8 Å². The van der Waals surface area contributed by atoms with Crippen LogP contribution in [0.1, 0.15) is 18.5 Å². The van der Waals surface area contributed by atoms with Crippen molar-refractivity contribution in [1.29, 1.82) is 5.26 Å². The normalized spacial score (nSPS) is 10.1. The Morgan fingerprint density at radius 1 is 1.43 bits per heavy atom. The summed E-state index contributed by atoms with van der Waals surface area (Å²) in [5.41, 5.74) is 6.47. The van der Waals surface area contributed by atoms with Gasteiger partial charge in [0.05, 0.1) is 5.69 Å². The second-order valence-electron chi connectivity index (χ2n) is 4.59. The summed E-state index contributed by atoms with van der Waals surface area (Å²) in [5, 5.41) is 11.5. The maximum atomic E-state index is 13.0. The first-order valence-electron chi connectivity index (χ1n) is 6.50. The van der Waals surface area contributed by atoms with Crippen molar-refractivity contribution in [3.63, 3.8) is 0 Å². The second kappa shape index (κ2) is 6.57. The van der Waals surface area contributed by atoms with Gasteiger partial charge >= 0.3 is 0 Å². The number of anilines is 2. The molecule has 0 fully saturated rings. The summed E-state index contributed by atoms with van der Waals surface area (Å²) in [4.78, 5) is 11.8. The van der Waals surface area contributed by atoms with E-state index in [2.05, 4.69) is 11.4 Å². The second-order valence-corrected chi connectivity index (χ2v) is 4.59. The van der Waals surface area contributed by atoms with E-state index in [9.17, 15) is 9.18 Å². The molecule has 2 aromatic rings. The molecule has 1 amide bonds. The number of nitrogens with zero attached hydrogens (tertiary/aromatic N) is 2. The van der Waals surface area contributed by atoms with Crippen molar-refractivity contribution in [2.24, 2.45) is 0 Å². The molecule has 1 aromatic heterocycles. The van der Waals surface area contributed by atoms with Crippen LogP contribution in [0.15, 0.2) is 36.5 Å². The van der Waals surface area contributed by atoms with Crippen LogP contribution < -0.4 is 11.1 Å². The third kappa shape index (κ3) is 3.83. The molecule has 0 spiro atoms. The van der Waals surface area contributed by atoms with Gasteiger partial charge in [0.15, 0.2) is 0 Å². The summed E-state index contributed by atoms with van der Waals surface area (Å²) >= 11 is 0. The molecule has 0 aliphatic carbocycles. The fraction of sp³-hybridized carbons (Fsp3) is 0.200. The zero-order valence-corrected chi connectivity index (χ0v) is 11.3. The topological polar surface area (TPSA) is 83.8 Å². The number of hydrogen-bond acceptors (Lipinski definition) is 3. The third-order valence-electron chi connectivity index (χ3n) is 3.03. The molecule has 1 aromatic carbocycles. The first kappa shape index (κ1) is 14.6. The van der Waals surface area contributed by atoms with E-state index < -0.39 is 5.82 Å². The molecule has 1 heterocycles. The summed E-state index contributed by atoms with van der Waals surface area (Å²) < 4.78 is 14.8. The van der Waals surface area contributed by atoms with Gasteiger partial charge < -0.3 is 15.6 Å². The molecule has 0 bridgehead atoms. The van der Waals surface area contributed by atoms with Crippen molar-refractivity contribution in [2.75, 3.05) is 11.1 Å². The number of amides is 1. The number of rotatable bonds is 5. The van der Waals surface area contributed by atoms with Gasteiger partial charge in [0.1, 0.15) is 17.6 Å². The Kier molecular flexibility index (Phi) is 4.57. The molecule has 0 unspecified atom stereocenters. The SMILES string of the molecule is N#Cc1cccn1CCCC(=O)Nc1ccc(F)c(N)c1. The lowest BCUT2D eigenvalue weighted by Crippen LogP contribution is -2.13. The van der Waals surface area contributed by atoms with E-state index in [0.29, 0.717) is 30.8 Å². The minimum absolute atomic E-state index is 0.00111. The number of nitrogens with two attached hydrogens (primary N) is 1. The molecule has 21 heavy (non-hydrogen) atoms. The molecule has 0 radical (unpaired) electrons. The number of aromatic nitrogens is 1. The number of carbonyl (C=O) groups is 1. The fourth-order valence-electron chi connectivity index (χ4n) is 1.97. The van der Waals surface area contributed by atoms with E-state index >= 15 is 0 Å². The highest BCUT2D eigenvalue weighted by atomic mass is 19.1. The average molecular weight is 286 g/mol. The maximum absolute atomic E-state index is 13.0. The average Bonchev–Trinajstić information content (AvgIpc) is 2.90. The Labute approximate surface area is 121 Å². The monoisotopic (exact) mass is 286 g/mol. The van der Waals surface area contributed by atoms with E-state index in [4.69, 9.17) is 11.0 Å². The van der Waals surface area contributed by atoms with Crippen LogP contribution in [-0.4, -0.2) is 10.5 Å². The van der Waals surface area contributed by atoms with Crippen LogP contribution in [0.25, 0.3) is 0 Å². The number of benzene rings is 1. The molecule has 2 rings (SSSR count). The highest BCUT2D eigenvalue weighted by Gasteiger charge is 2.06. The van der Waals surface area contributed by atoms with Gasteiger partial charge in [-0.15, -0.1) is 0 Å². The van der Waals surface area contributed by atoms with Crippen LogP contribution in [0.2, 0.25) is 0 Å². The van der Waals surface area contributed by atoms with Crippen molar-refractivity contribution in [3.05, 3.63) is 48.0 Å². The number of carbonyl (C=O) groups excluding carboxylic acids is 1. The Bertz CT molecular complexity index is 687. The largest absolute Gasteiger partial charge is 0.396 e. The predicted octanol–water partition coefficient (Wildman–Crippen LogP) is 2.50. The van der Waals surface area contributed by atoms with E-state index in [1.165, 1.54) is 18.2 Å². The zero-order chi connectivity index (χ0) is 15.2. The lowest BCUT2D eigenvalue weighted by atomic mass is 10.2. The highest BCUT2D eigenvalue weighted by Crippen LogP contribution is 2.16. The molecule has 0 atom stereocenters. The van der Waals surface area contributed by atoms with Crippen LogP contribution in [-0.2, 0) is 11.3 Å². The standard InChI is InChI=1S/C15H15FN4O/c16-13-6-5-11(9-14(13)18)19-15(21)4-2-8-20-7-1-3-12(20)10-17/h1,3,5-7,9H,2,4,8,18H2,(H,19,21). The van der Waals surface area contributed by atoms with Crippen molar-refractivity contribution < 1.29 is 9.18 Å². The summed E-state index contributed by atoms with van der Waals surface area (Å²) in [7, 11) is 0. The first-order valence-corrected chi connectivity index (χ1v) is 6.50. The Balaban J connectivity index is 1.82. The zero-order valence-electron chi connectivity index (χ0n) is 11.3. The van der Waals surface area contributed by atoms with Crippen LogP contribution in [0.3, 0.4) is 0 Å². The summed E-state index contributed by atoms with van der Waals surface area (Å²) in [6.45, 7) is 0.592. The van der Waals surface area contributed by atoms with Gasteiger partial charge in [-0.1, -0.05) is 0 Å². The molecule has 0 saturated heterocycles. The van der Waals surface area contributed by atoms with Gasteiger partial charge in [-0.2, -0.15) is 5.26 Å². The highest BCUT2D eigenvalue weighted by molar-refractivity contribution is 5.91. The predicted molar refractivity (Wildman–Crippen MR) is 77.8 cm³/mol. The van der Waals surface area contributed by atoms with Crippen LogP contribution in [0.4, 0.5) is 15.8 Å². The maximum Gasteiger partial charge on any atom is 0.224 e. The molecule has 6 heteroatoms. The summed E-state index contributed by atoms with van der Waals surface area (Å²) in [5.74, 6) is -0.684. The van der Waals surface area contributed by atoms with E-state index in [0.717, 1.165) is 0 Å². The lowest BCUT2D eigenvalue weighted by molar-refractivity contribution is -0.116. The Morgan fingerprint density at radius 3 is 2.95 bits per heavy atom. The van der Waals surface area contributed by atoms with Crippen LogP contribution >= 0.6 is 0 Å². The Morgan fingerprint density at radius 2 is 2.24 bits per heavy atom. The number of nitrogens with one attached hydrogen (secondary N) is 1. The lowest BCUT2D eigenvalue weighted by Gasteiger charge is -2.07. The van der Waals surface area contributed by atoms with E-state index in [-0.39, 0.29) is 11.6 Å². The number of nitrogen functional groups attached to an aromatic ring is 1. The minimum Gasteiger partial charge on any atom is -0.396 e. The first-order chi connectivity index (χ1) is 10.1. The van der Waals surface area contributed by atoms with E-state index in [1.54, 1.807) is 22.9 Å². The van der Waals surface area contributed by atoms with Crippen LogP contribution in [0.5, 0.6) is 0 Å². The van der Waals surface area contributed by atoms with Gasteiger partial charge in [-0.25, -0.2) is 4.39 Å². The van der Waals surface area contributed by atoms with Gasteiger partial charge in [0.25, 0.3) is 0 Å². The summed E-state index contributed by atoms with van der Waals surface area (Å²) in [6, 6.07) is 9.65. The quantitative estimate of drug-likeness (QED) is 0.828. The minimum atomic E-state index is -0.510. The number of halogens is 1. The smallest absolute Gasteiger partial charge is 0.224 e. The Hall–Kier alpha value is -2.81. The molecule has 0 aliphatic heterocycles. The van der Waals surface area contributed by atoms with E-state index in [1.807, 2.05) is 0 Å². The molecular weight excluding hydrogens is 271 g/mol. The number of hydrogen-bond donors (Lipinski definition) is 2. The van der Waals surface area contributed by atoms with Crippen LogP contribution in [0, 0.1) is 17.1 Å². The fourth-order valence-corrected chi connectivity index (χ4v) is 1.97. The van der Waals surface area contributed by atoms with Gasteiger partial charge in [-0.3, -0.25) is 4.79 Å². The molecular formula is C15H15FN4O. The molecule has 5 nitrogen and oxygen atoms in total. The molecule has 3 N–H and O–H groups in total. The summed E-state index contributed by atoms with van der Waals surface area (Å²) in [6.07, 6.45) is 2.71. The molecule has 0 saturated carbocycles. The van der Waals surface area contributed by atoms with Crippen molar-refractivity contribution in [2.45, 2.75) is 19.4 Å². The third-order valence-corrected chi connectivity index (χ3v) is 3.03. The molecule has 108 valence electrons. The van der Waals surface area contributed by atoms with Gasteiger partial charge in [0.2, 0.25) is 5.91 Å².